The molecule has 0 bridgehead atoms. The van der Waals surface area contributed by atoms with Crippen molar-refractivity contribution >= 4 is 0 Å². The molecule has 1 heterocycles. The normalized spacial score (nSPS) is 10.7. The van der Waals surface area contributed by atoms with Crippen LogP contribution in [0.3, 0.4) is 0 Å². The van der Waals surface area contributed by atoms with Crippen LogP contribution in [0.15, 0.2) is 10.7 Å². The lowest BCUT2D eigenvalue weighted by molar-refractivity contribution is 0.491. The van der Waals surface area contributed by atoms with Crippen molar-refractivity contribution in [3.05, 3.63) is 23.2 Å². The van der Waals surface area contributed by atoms with E-state index in [-0.39, 0.29) is 0 Å². The number of rotatable bonds is 5. The average Bonchev–Trinajstić information content (AvgIpc) is 2.43. The number of unbranched alkanes of at least 4 members (excludes halogenated alkanes) is 3. The fourth-order valence-corrected chi connectivity index (χ4v) is 1.51. The molecule has 1 aromatic rings. The minimum atomic E-state index is 1.11. The maximum atomic E-state index is 5.48. The van der Waals surface area contributed by atoms with E-state index in [1.165, 1.54) is 42.6 Å². The topological polar surface area (TPSA) is 13.1 Å². The lowest BCUT2D eigenvalue weighted by atomic mass is 10.1. The second-order valence-electron chi connectivity index (χ2n) is 3.78. The van der Waals surface area contributed by atoms with Crippen molar-refractivity contribution in [1.29, 1.82) is 0 Å². The highest BCUT2D eigenvalue weighted by molar-refractivity contribution is 5.24. The molecule has 0 fully saturated rings. The minimum Gasteiger partial charge on any atom is -0.469 e. The summed E-state index contributed by atoms with van der Waals surface area (Å²) >= 11 is 0. The predicted molar refractivity (Wildman–Crippen MR) is 56.0 cm³/mol. The summed E-state index contributed by atoms with van der Waals surface area (Å²) in [4.78, 5) is 0. The zero-order chi connectivity index (χ0) is 9.68. The van der Waals surface area contributed by atoms with Gasteiger partial charge < -0.3 is 4.42 Å². The molecule has 1 nitrogen and oxygen atoms in total. The van der Waals surface area contributed by atoms with E-state index in [2.05, 4.69) is 20.8 Å². The van der Waals surface area contributed by atoms with E-state index in [1.54, 1.807) is 0 Å². The third-order valence-electron chi connectivity index (χ3n) is 2.65. The van der Waals surface area contributed by atoms with Gasteiger partial charge in [0.15, 0.2) is 0 Å². The fraction of sp³-hybridized carbons (Fsp3) is 0.667. The van der Waals surface area contributed by atoms with Gasteiger partial charge in [-0.3, -0.25) is 0 Å². The molecule has 0 aliphatic heterocycles. The first-order chi connectivity index (χ1) is 6.25. The molecule has 0 aliphatic rings. The Balaban J connectivity index is 2.32. The Kier molecular flexibility index (Phi) is 4.07. The van der Waals surface area contributed by atoms with Crippen LogP contribution in [0.25, 0.3) is 0 Å². The van der Waals surface area contributed by atoms with E-state index in [9.17, 15) is 0 Å². The number of furan rings is 1. The van der Waals surface area contributed by atoms with Gasteiger partial charge in [-0.2, -0.15) is 0 Å². The first kappa shape index (κ1) is 10.4. The Morgan fingerprint density at radius 1 is 1.15 bits per heavy atom. The summed E-state index contributed by atoms with van der Waals surface area (Å²) in [6.07, 6.45) is 8.22. The monoisotopic (exact) mass is 180 g/mol. The van der Waals surface area contributed by atoms with Crippen LogP contribution in [0.5, 0.6) is 0 Å². The third kappa shape index (κ3) is 2.91. The smallest absolute Gasteiger partial charge is 0.106 e. The first-order valence-electron chi connectivity index (χ1n) is 5.29. The van der Waals surface area contributed by atoms with Crippen molar-refractivity contribution in [2.75, 3.05) is 0 Å². The van der Waals surface area contributed by atoms with Crippen LogP contribution >= 0.6 is 0 Å². The molecule has 0 aliphatic carbocycles. The molecule has 0 N–H and O–H groups in total. The molecule has 0 atom stereocenters. The molecule has 1 heteroatoms. The zero-order valence-electron chi connectivity index (χ0n) is 9.02. The quantitative estimate of drug-likeness (QED) is 0.624. The fourth-order valence-electron chi connectivity index (χ4n) is 1.51. The summed E-state index contributed by atoms with van der Waals surface area (Å²) < 4.78 is 5.48. The van der Waals surface area contributed by atoms with Crippen LogP contribution in [0.2, 0.25) is 0 Å². The van der Waals surface area contributed by atoms with Crippen molar-refractivity contribution in [3.63, 3.8) is 0 Å². The molecule has 0 radical (unpaired) electrons. The third-order valence-corrected chi connectivity index (χ3v) is 2.65. The summed E-state index contributed by atoms with van der Waals surface area (Å²) in [5.74, 6) is 1.19. The number of hydrogen-bond donors (Lipinski definition) is 0. The van der Waals surface area contributed by atoms with Crippen molar-refractivity contribution in [2.45, 2.75) is 52.9 Å². The van der Waals surface area contributed by atoms with Gasteiger partial charge in [0.2, 0.25) is 0 Å². The van der Waals surface area contributed by atoms with Gasteiger partial charge in [0.25, 0.3) is 0 Å². The summed E-state index contributed by atoms with van der Waals surface area (Å²) in [7, 11) is 0. The van der Waals surface area contributed by atoms with Crippen LogP contribution in [-0.2, 0) is 6.42 Å². The highest BCUT2D eigenvalue weighted by Crippen LogP contribution is 2.17. The lowest BCUT2D eigenvalue weighted by Crippen LogP contribution is -1.86. The Morgan fingerprint density at radius 2 is 1.92 bits per heavy atom. The molecule has 1 aromatic heterocycles. The van der Waals surface area contributed by atoms with Gasteiger partial charge in [-0.25, -0.2) is 0 Å². The van der Waals surface area contributed by atoms with Crippen LogP contribution in [0.4, 0.5) is 0 Å². The van der Waals surface area contributed by atoms with Crippen LogP contribution in [0, 0.1) is 13.8 Å². The Bertz CT molecular complexity index is 248. The van der Waals surface area contributed by atoms with E-state index < -0.39 is 0 Å². The van der Waals surface area contributed by atoms with E-state index in [4.69, 9.17) is 4.42 Å². The van der Waals surface area contributed by atoms with Gasteiger partial charge in [-0.05, 0) is 31.4 Å². The molecule has 13 heavy (non-hydrogen) atoms. The van der Waals surface area contributed by atoms with Gasteiger partial charge in [0, 0.05) is 6.42 Å². The largest absolute Gasteiger partial charge is 0.469 e. The van der Waals surface area contributed by atoms with Crippen molar-refractivity contribution < 1.29 is 4.42 Å². The van der Waals surface area contributed by atoms with Gasteiger partial charge in [0.1, 0.15) is 5.76 Å². The summed E-state index contributed by atoms with van der Waals surface area (Å²) in [6, 6.07) is 0. The van der Waals surface area contributed by atoms with Crippen LogP contribution in [-0.4, -0.2) is 0 Å². The molecule has 0 amide bonds. The number of hydrogen-bond acceptors (Lipinski definition) is 1. The van der Waals surface area contributed by atoms with E-state index in [1.807, 2.05) is 6.26 Å². The minimum absolute atomic E-state index is 1.11. The standard InChI is InChI=1S/C12H20O/c1-4-5-6-7-8-12-11(3)10(2)9-13-12/h9H,4-8H2,1-3H3. The van der Waals surface area contributed by atoms with Crippen LogP contribution < -0.4 is 0 Å². The van der Waals surface area contributed by atoms with E-state index >= 15 is 0 Å². The highest BCUT2D eigenvalue weighted by atomic mass is 16.3. The van der Waals surface area contributed by atoms with Gasteiger partial charge in [-0.1, -0.05) is 26.2 Å². The molecule has 0 aromatic carbocycles. The Hall–Kier alpha value is -0.720. The van der Waals surface area contributed by atoms with Gasteiger partial charge in [0.05, 0.1) is 6.26 Å². The van der Waals surface area contributed by atoms with Crippen molar-refractivity contribution in [1.82, 2.24) is 0 Å². The molecular weight excluding hydrogens is 160 g/mol. The molecule has 0 unspecified atom stereocenters. The Morgan fingerprint density at radius 3 is 2.46 bits per heavy atom. The molecule has 1 rings (SSSR count). The molecule has 74 valence electrons. The average molecular weight is 180 g/mol. The van der Waals surface area contributed by atoms with Crippen molar-refractivity contribution in [2.24, 2.45) is 0 Å². The predicted octanol–water partition coefficient (Wildman–Crippen LogP) is 4.02. The SMILES string of the molecule is CCCCCCc1occ(C)c1C. The van der Waals surface area contributed by atoms with Crippen LogP contribution in [0.1, 0.15) is 49.5 Å². The number of aryl methyl sites for hydroxylation is 2. The summed E-state index contributed by atoms with van der Waals surface area (Å²) in [5.41, 5.74) is 2.63. The maximum absolute atomic E-state index is 5.48. The molecule has 0 spiro atoms. The first-order valence-corrected chi connectivity index (χ1v) is 5.29. The molecular formula is C12H20O. The maximum Gasteiger partial charge on any atom is 0.106 e. The highest BCUT2D eigenvalue weighted by Gasteiger charge is 2.04. The summed E-state index contributed by atoms with van der Waals surface area (Å²) in [6.45, 7) is 6.49. The lowest BCUT2D eigenvalue weighted by Gasteiger charge is -1.98. The van der Waals surface area contributed by atoms with E-state index in [0.29, 0.717) is 0 Å². The van der Waals surface area contributed by atoms with Crippen molar-refractivity contribution in [3.8, 4) is 0 Å². The molecule has 0 saturated carbocycles. The second-order valence-corrected chi connectivity index (χ2v) is 3.78. The Labute approximate surface area is 81.1 Å². The second kappa shape index (κ2) is 5.11. The zero-order valence-corrected chi connectivity index (χ0v) is 9.02. The van der Waals surface area contributed by atoms with E-state index in [0.717, 1.165) is 6.42 Å². The van der Waals surface area contributed by atoms with Gasteiger partial charge in [-0.15, -0.1) is 0 Å². The molecule has 0 saturated heterocycles. The summed E-state index contributed by atoms with van der Waals surface area (Å²) in [5, 5.41) is 0. The van der Waals surface area contributed by atoms with Gasteiger partial charge >= 0.3 is 0 Å².